The normalized spacial score (nSPS) is 16.0. The van der Waals surface area contributed by atoms with Crippen LogP contribution in [0.5, 0.6) is 0 Å². The van der Waals surface area contributed by atoms with E-state index in [1.54, 1.807) is 0 Å². The predicted octanol–water partition coefficient (Wildman–Crippen LogP) is 3.09. The summed E-state index contributed by atoms with van der Waals surface area (Å²) in [6.07, 6.45) is 5.95. The van der Waals surface area contributed by atoms with Gasteiger partial charge in [0.15, 0.2) is 0 Å². The van der Waals surface area contributed by atoms with Gasteiger partial charge in [0.05, 0.1) is 5.69 Å². The van der Waals surface area contributed by atoms with Crippen molar-refractivity contribution in [2.24, 2.45) is 5.92 Å². The fourth-order valence-electron chi connectivity index (χ4n) is 1.95. The number of nitrogens with zero attached hydrogens (tertiary/aromatic N) is 2. The molecule has 0 unspecified atom stereocenters. The van der Waals surface area contributed by atoms with E-state index in [1.807, 2.05) is 12.3 Å². The standard InChI is InChI=1S/C14H22N2/c1-12(2)8-10-16(14-6-7-14)11-13-5-3-4-9-15-13/h3-5,9,12,14H,6-8,10-11H2,1-2H3. The number of hydrogen-bond donors (Lipinski definition) is 0. The third kappa shape index (κ3) is 3.60. The van der Waals surface area contributed by atoms with Crippen molar-refractivity contribution in [1.82, 2.24) is 9.88 Å². The van der Waals surface area contributed by atoms with Gasteiger partial charge >= 0.3 is 0 Å². The van der Waals surface area contributed by atoms with Gasteiger partial charge in [-0.05, 0) is 43.9 Å². The van der Waals surface area contributed by atoms with E-state index in [1.165, 1.54) is 31.5 Å². The summed E-state index contributed by atoms with van der Waals surface area (Å²) in [6, 6.07) is 7.03. The Hall–Kier alpha value is -0.890. The van der Waals surface area contributed by atoms with Crippen molar-refractivity contribution < 1.29 is 0 Å². The zero-order valence-electron chi connectivity index (χ0n) is 10.4. The molecule has 1 aromatic heterocycles. The topological polar surface area (TPSA) is 16.1 Å². The highest BCUT2D eigenvalue weighted by Crippen LogP contribution is 2.28. The Labute approximate surface area is 98.7 Å². The van der Waals surface area contributed by atoms with Gasteiger partial charge in [-0.3, -0.25) is 9.88 Å². The number of pyridine rings is 1. The van der Waals surface area contributed by atoms with Crippen molar-refractivity contribution in [3.8, 4) is 0 Å². The molecule has 0 N–H and O–H groups in total. The Kier molecular flexibility index (Phi) is 3.94. The molecule has 2 nitrogen and oxygen atoms in total. The summed E-state index contributed by atoms with van der Waals surface area (Å²) in [7, 11) is 0. The molecule has 0 spiro atoms. The maximum Gasteiger partial charge on any atom is 0.0544 e. The average molecular weight is 218 g/mol. The fourth-order valence-corrected chi connectivity index (χ4v) is 1.95. The van der Waals surface area contributed by atoms with Crippen LogP contribution in [0.2, 0.25) is 0 Å². The molecule has 1 aromatic rings. The molecule has 2 heteroatoms. The summed E-state index contributed by atoms with van der Waals surface area (Å²) in [4.78, 5) is 7.01. The summed E-state index contributed by atoms with van der Waals surface area (Å²) in [5, 5.41) is 0. The smallest absolute Gasteiger partial charge is 0.0544 e. The first-order valence-electron chi connectivity index (χ1n) is 6.39. The van der Waals surface area contributed by atoms with E-state index in [9.17, 15) is 0 Å². The van der Waals surface area contributed by atoms with Gasteiger partial charge in [0.1, 0.15) is 0 Å². The maximum absolute atomic E-state index is 4.41. The molecule has 0 radical (unpaired) electrons. The molecule has 0 amide bonds. The molecule has 1 fully saturated rings. The van der Waals surface area contributed by atoms with Crippen molar-refractivity contribution in [3.63, 3.8) is 0 Å². The van der Waals surface area contributed by atoms with E-state index in [2.05, 4.69) is 35.9 Å². The minimum Gasteiger partial charge on any atom is -0.295 e. The molecule has 0 saturated heterocycles. The molecule has 0 bridgehead atoms. The second-order valence-electron chi connectivity index (χ2n) is 5.21. The Morgan fingerprint density at radius 2 is 2.19 bits per heavy atom. The Morgan fingerprint density at radius 3 is 2.75 bits per heavy atom. The molecular formula is C14H22N2. The quantitative estimate of drug-likeness (QED) is 0.729. The van der Waals surface area contributed by atoms with Crippen LogP contribution in [0, 0.1) is 5.92 Å². The molecule has 1 aliphatic carbocycles. The summed E-state index contributed by atoms with van der Waals surface area (Å²) in [6.45, 7) is 6.84. The molecule has 1 heterocycles. The second kappa shape index (κ2) is 5.44. The minimum absolute atomic E-state index is 0.796. The first-order valence-corrected chi connectivity index (χ1v) is 6.39. The zero-order valence-corrected chi connectivity index (χ0v) is 10.4. The predicted molar refractivity (Wildman–Crippen MR) is 67.1 cm³/mol. The van der Waals surface area contributed by atoms with Crippen molar-refractivity contribution in [2.45, 2.75) is 45.7 Å². The van der Waals surface area contributed by atoms with Crippen molar-refractivity contribution in [3.05, 3.63) is 30.1 Å². The highest BCUT2D eigenvalue weighted by atomic mass is 15.2. The molecular weight excluding hydrogens is 196 g/mol. The lowest BCUT2D eigenvalue weighted by Crippen LogP contribution is -2.27. The molecule has 16 heavy (non-hydrogen) atoms. The van der Waals surface area contributed by atoms with Gasteiger partial charge in [0, 0.05) is 18.8 Å². The third-order valence-corrected chi connectivity index (χ3v) is 3.15. The van der Waals surface area contributed by atoms with E-state index in [0.717, 1.165) is 18.5 Å². The van der Waals surface area contributed by atoms with E-state index in [0.29, 0.717) is 0 Å². The average Bonchev–Trinajstić information content (AvgIpc) is 3.09. The first-order chi connectivity index (χ1) is 7.75. The van der Waals surface area contributed by atoms with Gasteiger partial charge in [-0.15, -0.1) is 0 Å². The van der Waals surface area contributed by atoms with E-state index < -0.39 is 0 Å². The van der Waals surface area contributed by atoms with Crippen LogP contribution in [0.25, 0.3) is 0 Å². The minimum atomic E-state index is 0.796. The molecule has 0 aromatic carbocycles. The van der Waals surface area contributed by atoms with Gasteiger partial charge in [-0.1, -0.05) is 19.9 Å². The number of aromatic nitrogens is 1. The zero-order chi connectivity index (χ0) is 11.4. The molecule has 2 rings (SSSR count). The SMILES string of the molecule is CC(C)CCN(Cc1ccccn1)C1CC1. The lowest BCUT2D eigenvalue weighted by Gasteiger charge is -2.22. The fraction of sp³-hybridized carbons (Fsp3) is 0.643. The number of rotatable bonds is 6. The number of hydrogen-bond acceptors (Lipinski definition) is 2. The first kappa shape index (κ1) is 11.6. The van der Waals surface area contributed by atoms with E-state index >= 15 is 0 Å². The molecule has 0 atom stereocenters. The highest BCUT2D eigenvalue weighted by molar-refractivity contribution is 5.04. The van der Waals surface area contributed by atoms with Gasteiger partial charge in [-0.25, -0.2) is 0 Å². The molecule has 88 valence electrons. The van der Waals surface area contributed by atoms with Gasteiger partial charge in [0.2, 0.25) is 0 Å². The summed E-state index contributed by atoms with van der Waals surface area (Å²) >= 11 is 0. The van der Waals surface area contributed by atoms with E-state index in [-0.39, 0.29) is 0 Å². The van der Waals surface area contributed by atoms with Gasteiger partial charge < -0.3 is 0 Å². The van der Waals surface area contributed by atoms with Crippen LogP contribution in [0.4, 0.5) is 0 Å². The van der Waals surface area contributed by atoms with Crippen LogP contribution in [0.15, 0.2) is 24.4 Å². The summed E-state index contributed by atoms with van der Waals surface area (Å²) in [5.74, 6) is 0.796. The molecule has 1 aliphatic rings. The third-order valence-electron chi connectivity index (χ3n) is 3.15. The van der Waals surface area contributed by atoms with Crippen molar-refractivity contribution in [2.75, 3.05) is 6.54 Å². The van der Waals surface area contributed by atoms with Crippen LogP contribution in [0.1, 0.15) is 38.8 Å². The van der Waals surface area contributed by atoms with Crippen LogP contribution in [-0.2, 0) is 6.54 Å². The van der Waals surface area contributed by atoms with Gasteiger partial charge in [-0.2, -0.15) is 0 Å². The lowest BCUT2D eigenvalue weighted by atomic mass is 10.1. The molecule has 0 aliphatic heterocycles. The lowest BCUT2D eigenvalue weighted by molar-refractivity contribution is 0.237. The maximum atomic E-state index is 4.41. The van der Waals surface area contributed by atoms with Crippen LogP contribution >= 0.6 is 0 Å². The van der Waals surface area contributed by atoms with Crippen LogP contribution in [0.3, 0.4) is 0 Å². The van der Waals surface area contributed by atoms with Crippen LogP contribution in [-0.4, -0.2) is 22.5 Å². The van der Waals surface area contributed by atoms with Crippen LogP contribution < -0.4 is 0 Å². The largest absolute Gasteiger partial charge is 0.295 e. The second-order valence-corrected chi connectivity index (χ2v) is 5.21. The van der Waals surface area contributed by atoms with Crippen molar-refractivity contribution >= 4 is 0 Å². The Bertz CT molecular complexity index is 304. The monoisotopic (exact) mass is 218 g/mol. The highest BCUT2D eigenvalue weighted by Gasteiger charge is 2.28. The Balaban J connectivity index is 1.87. The van der Waals surface area contributed by atoms with Gasteiger partial charge in [0.25, 0.3) is 0 Å². The summed E-state index contributed by atoms with van der Waals surface area (Å²) < 4.78 is 0. The van der Waals surface area contributed by atoms with Crippen molar-refractivity contribution in [1.29, 1.82) is 0 Å². The molecule has 1 saturated carbocycles. The Morgan fingerprint density at radius 1 is 1.38 bits per heavy atom. The van der Waals surface area contributed by atoms with E-state index in [4.69, 9.17) is 0 Å². The summed E-state index contributed by atoms with van der Waals surface area (Å²) in [5.41, 5.74) is 1.21.